The van der Waals surface area contributed by atoms with E-state index in [1.807, 2.05) is 20.8 Å². The van der Waals surface area contributed by atoms with E-state index in [4.69, 9.17) is 4.74 Å². The van der Waals surface area contributed by atoms with Crippen molar-refractivity contribution in [3.05, 3.63) is 52.1 Å². The van der Waals surface area contributed by atoms with Gasteiger partial charge in [-0.3, -0.25) is 9.59 Å². The number of phenolic OH excluding ortho intramolecular Hbond substituents is 1. The summed E-state index contributed by atoms with van der Waals surface area (Å²) in [6.07, 6.45) is 3.81. The summed E-state index contributed by atoms with van der Waals surface area (Å²) < 4.78 is 5.50. The molecule has 8 heteroatoms. The van der Waals surface area contributed by atoms with Crippen molar-refractivity contribution in [2.75, 3.05) is 36.5 Å². The number of rotatable bonds is 7. The van der Waals surface area contributed by atoms with Gasteiger partial charge in [0.2, 0.25) is 11.8 Å². The van der Waals surface area contributed by atoms with Gasteiger partial charge in [0.25, 0.3) is 0 Å². The number of carbonyl (C=O) groups excluding carboxylic acids is 2. The van der Waals surface area contributed by atoms with Crippen molar-refractivity contribution in [2.45, 2.75) is 72.4 Å². The van der Waals surface area contributed by atoms with Crippen molar-refractivity contribution in [1.29, 1.82) is 0 Å². The third-order valence-electron chi connectivity index (χ3n) is 7.63. The van der Waals surface area contributed by atoms with Crippen LogP contribution in [0.5, 0.6) is 5.75 Å². The quantitative estimate of drug-likeness (QED) is 0.387. The lowest BCUT2D eigenvalue weighted by Crippen LogP contribution is -2.50. The smallest absolute Gasteiger partial charge is 0.247 e. The number of fused-ring (bicyclic) bond motifs is 1. The van der Waals surface area contributed by atoms with Crippen molar-refractivity contribution in [2.24, 2.45) is 0 Å². The van der Waals surface area contributed by atoms with Gasteiger partial charge in [0.05, 0.1) is 13.2 Å². The predicted octanol–water partition coefficient (Wildman–Crippen LogP) is 5.05. The standard InChI is InChI=1S/C29H39N3O4.ClH/c1-5-6-7-8-27(33)32-18-23-16-24(31-11-13-36-14-12-31)10-9-22(23)17-26(32)29(35)30-25-15-19(2)28(34)21(4)20(25)3;/h9-10,15-16,26,34H,5-8,11-14,17-18H2,1-4H3,(H,30,35);1H/t26-;/m0./s1. The lowest BCUT2D eigenvalue weighted by Gasteiger charge is -2.37. The Morgan fingerprint density at radius 1 is 1.05 bits per heavy atom. The molecule has 1 atom stereocenters. The summed E-state index contributed by atoms with van der Waals surface area (Å²) in [6.45, 7) is 11.3. The fourth-order valence-corrected chi connectivity index (χ4v) is 5.17. The number of ether oxygens (including phenoxy) is 1. The van der Waals surface area contributed by atoms with Crippen LogP contribution in [-0.4, -0.2) is 54.2 Å². The van der Waals surface area contributed by atoms with Crippen LogP contribution in [0.2, 0.25) is 0 Å². The molecule has 2 amide bonds. The zero-order valence-electron chi connectivity index (χ0n) is 22.4. The summed E-state index contributed by atoms with van der Waals surface area (Å²) in [7, 11) is 0. The lowest BCUT2D eigenvalue weighted by molar-refractivity contribution is -0.140. The second-order valence-electron chi connectivity index (χ2n) is 10.1. The number of nitrogens with one attached hydrogen (secondary N) is 1. The Bertz CT molecular complexity index is 1130. The molecule has 2 N–H and O–H groups in total. The first-order valence-electron chi connectivity index (χ1n) is 13.1. The molecule has 0 unspecified atom stereocenters. The molecule has 2 aliphatic rings. The Morgan fingerprint density at radius 3 is 2.49 bits per heavy atom. The molecular formula is C29H40ClN3O4. The fourth-order valence-electron chi connectivity index (χ4n) is 5.17. The Hall–Kier alpha value is -2.77. The highest BCUT2D eigenvalue weighted by Crippen LogP contribution is 2.32. The molecule has 1 saturated heterocycles. The largest absolute Gasteiger partial charge is 0.507 e. The zero-order chi connectivity index (χ0) is 25.8. The lowest BCUT2D eigenvalue weighted by atomic mass is 9.92. The van der Waals surface area contributed by atoms with E-state index in [1.54, 1.807) is 11.0 Å². The Balaban J connectivity index is 0.00000380. The average Bonchev–Trinajstić information content (AvgIpc) is 2.90. The zero-order valence-corrected chi connectivity index (χ0v) is 23.2. The van der Waals surface area contributed by atoms with E-state index < -0.39 is 6.04 Å². The van der Waals surface area contributed by atoms with Crippen LogP contribution in [0.1, 0.15) is 60.4 Å². The summed E-state index contributed by atoms with van der Waals surface area (Å²) >= 11 is 0. The number of benzene rings is 2. The van der Waals surface area contributed by atoms with Crippen LogP contribution < -0.4 is 10.2 Å². The Labute approximate surface area is 226 Å². The van der Waals surface area contributed by atoms with E-state index in [0.717, 1.165) is 73.5 Å². The molecule has 37 heavy (non-hydrogen) atoms. The topological polar surface area (TPSA) is 82.1 Å². The number of hydrogen-bond acceptors (Lipinski definition) is 5. The van der Waals surface area contributed by atoms with Gasteiger partial charge in [-0.2, -0.15) is 0 Å². The first kappa shape index (κ1) is 28.8. The van der Waals surface area contributed by atoms with Gasteiger partial charge in [-0.1, -0.05) is 25.8 Å². The van der Waals surface area contributed by atoms with E-state index in [-0.39, 0.29) is 30.0 Å². The minimum atomic E-state index is -0.574. The highest BCUT2D eigenvalue weighted by Gasteiger charge is 2.35. The number of unbranched alkanes of at least 4 members (excludes halogenated alkanes) is 2. The summed E-state index contributed by atoms with van der Waals surface area (Å²) in [5.41, 5.74) is 6.34. The molecule has 202 valence electrons. The number of halogens is 1. The fraction of sp³-hybridized carbons (Fsp3) is 0.517. The normalized spacial score (nSPS) is 17.1. The van der Waals surface area contributed by atoms with Crippen LogP contribution in [0.3, 0.4) is 0 Å². The minimum Gasteiger partial charge on any atom is -0.507 e. The van der Waals surface area contributed by atoms with Gasteiger partial charge >= 0.3 is 0 Å². The van der Waals surface area contributed by atoms with Crippen molar-refractivity contribution in [1.82, 2.24) is 4.90 Å². The van der Waals surface area contributed by atoms with Gasteiger partial charge in [0.1, 0.15) is 11.8 Å². The number of anilines is 2. The molecule has 0 aromatic heterocycles. The minimum absolute atomic E-state index is 0. The maximum absolute atomic E-state index is 13.6. The summed E-state index contributed by atoms with van der Waals surface area (Å²) in [5.74, 6) is 0.0936. The van der Waals surface area contributed by atoms with E-state index in [9.17, 15) is 14.7 Å². The third-order valence-corrected chi connectivity index (χ3v) is 7.63. The molecule has 7 nitrogen and oxygen atoms in total. The van der Waals surface area contributed by atoms with Crippen molar-refractivity contribution < 1.29 is 19.4 Å². The van der Waals surface area contributed by atoms with E-state index in [2.05, 4.69) is 35.3 Å². The first-order valence-corrected chi connectivity index (χ1v) is 13.1. The first-order chi connectivity index (χ1) is 17.3. The second kappa shape index (κ2) is 12.7. The van der Waals surface area contributed by atoms with E-state index in [0.29, 0.717) is 30.6 Å². The molecule has 2 aromatic rings. The number of amides is 2. The number of nitrogens with zero attached hydrogens (tertiary/aromatic N) is 2. The maximum atomic E-state index is 13.6. The molecule has 2 aliphatic heterocycles. The summed E-state index contributed by atoms with van der Waals surface area (Å²) in [4.78, 5) is 31.0. The van der Waals surface area contributed by atoms with Crippen molar-refractivity contribution in [3.8, 4) is 5.75 Å². The van der Waals surface area contributed by atoms with Crippen LogP contribution in [0, 0.1) is 20.8 Å². The molecule has 1 fully saturated rings. The number of aromatic hydroxyl groups is 1. The number of morpholine rings is 1. The average molecular weight is 530 g/mol. The Morgan fingerprint density at radius 2 is 1.78 bits per heavy atom. The van der Waals surface area contributed by atoms with Crippen LogP contribution in [0.15, 0.2) is 24.3 Å². The highest BCUT2D eigenvalue weighted by molar-refractivity contribution is 5.98. The van der Waals surface area contributed by atoms with Crippen LogP contribution in [-0.2, 0) is 27.3 Å². The maximum Gasteiger partial charge on any atom is 0.247 e. The molecular weight excluding hydrogens is 490 g/mol. The number of hydrogen-bond donors (Lipinski definition) is 2. The monoisotopic (exact) mass is 529 g/mol. The predicted molar refractivity (Wildman–Crippen MR) is 150 cm³/mol. The van der Waals surface area contributed by atoms with Crippen molar-refractivity contribution in [3.63, 3.8) is 0 Å². The molecule has 0 spiro atoms. The number of aryl methyl sites for hydroxylation is 1. The molecule has 4 rings (SSSR count). The molecule has 0 saturated carbocycles. The van der Waals surface area contributed by atoms with Gasteiger partial charge in [-0.15, -0.1) is 12.4 Å². The van der Waals surface area contributed by atoms with Gasteiger partial charge in [0.15, 0.2) is 0 Å². The van der Waals surface area contributed by atoms with E-state index in [1.165, 1.54) is 0 Å². The summed E-state index contributed by atoms with van der Waals surface area (Å²) in [5, 5.41) is 13.3. The molecule has 0 radical (unpaired) electrons. The van der Waals surface area contributed by atoms with Gasteiger partial charge in [-0.25, -0.2) is 0 Å². The van der Waals surface area contributed by atoms with Gasteiger partial charge < -0.3 is 25.0 Å². The third kappa shape index (κ3) is 6.39. The van der Waals surface area contributed by atoms with Gasteiger partial charge in [-0.05, 0) is 73.2 Å². The van der Waals surface area contributed by atoms with Crippen LogP contribution >= 0.6 is 12.4 Å². The molecule has 2 heterocycles. The van der Waals surface area contributed by atoms with E-state index >= 15 is 0 Å². The van der Waals surface area contributed by atoms with Crippen molar-refractivity contribution >= 4 is 35.6 Å². The van der Waals surface area contributed by atoms with Gasteiger partial charge in [0, 0.05) is 43.9 Å². The van der Waals surface area contributed by atoms with Crippen LogP contribution in [0.4, 0.5) is 11.4 Å². The summed E-state index contributed by atoms with van der Waals surface area (Å²) in [6, 6.07) is 7.63. The highest BCUT2D eigenvalue weighted by atomic mass is 35.5. The number of carbonyl (C=O) groups is 2. The Kier molecular flexibility index (Phi) is 9.85. The molecule has 0 aliphatic carbocycles. The number of phenols is 1. The van der Waals surface area contributed by atoms with Crippen LogP contribution in [0.25, 0.3) is 0 Å². The molecule has 0 bridgehead atoms. The second-order valence-corrected chi connectivity index (χ2v) is 10.1. The molecule has 2 aromatic carbocycles. The SMILES string of the molecule is CCCCCC(=O)N1Cc2cc(N3CCOCC3)ccc2C[C@H]1C(=O)Nc1cc(C)c(O)c(C)c1C.Cl.